The largest absolute Gasteiger partial charge is 0.573 e. The number of hydrogen-bond donors (Lipinski definition) is 2. The lowest BCUT2D eigenvalue weighted by Crippen LogP contribution is -2.36. The molecule has 0 atom stereocenters. The number of hydrogen-bond acceptors (Lipinski definition) is 4. The van der Waals surface area contributed by atoms with Gasteiger partial charge in [-0.1, -0.05) is 23.7 Å². The molecule has 0 saturated heterocycles. The summed E-state index contributed by atoms with van der Waals surface area (Å²) in [6.07, 6.45) is -4.87. The van der Waals surface area contributed by atoms with Crippen LogP contribution in [0.2, 0.25) is 5.02 Å². The van der Waals surface area contributed by atoms with Crippen LogP contribution in [0.25, 0.3) is 0 Å². The topological polar surface area (TPSA) is 84.5 Å². The average molecular weight is 423 g/mol. The van der Waals surface area contributed by atoms with E-state index >= 15 is 0 Å². The highest BCUT2D eigenvalue weighted by Gasteiger charge is 2.31. The molecule has 1 amide bonds. The molecule has 0 fully saturated rings. The third kappa shape index (κ3) is 7.08. The Bertz CT molecular complexity index is 885. The molecule has 2 aromatic carbocycles. The molecular weight excluding hydrogens is 409 g/mol. The molecular formula is C16H14ClF3N2O4S. The molecule has 0 spiro atoms. The van der Waals surface area contributed by atoms with E-state index in [1.54, 1.807) is 24.3 Å². The summed E-state index contributed by atoms with van der Waals surface area (Å²) in [5.41, 5.74) is 0.774. The van der Waals surface area contributed by atoms with Gasteiger partial charge in [-0.25, -0.2) is 13.1 Å². The Morgan fingerprint density at radius 2 is 1.63 bits per heavy atom. The third-order valence-electron chi connectivity index (χ3n) is 3.19. The zero-order valence-electron chi connectivity index (χ0n) is 13.6. The van der Waals surface area contributed by atoms with Crippen molar-refractivity contribution in [1.29, 1.82) is 0 Å². The lowest BCUT2D eigenvalue weighted by Gasteiger charge is -2.10. The van der Waals surface area contributed by atoms with E-state index in [0.717, 1.165) is 29.8 Å². The molecule has 0 bridgehead atoms. The molecule has 146 valence electrons. The summed E-state index contributed by atoms with van der Waals surface area (Å²) in [7, 11) is -4.07. The number of carbonyl (C=O) groups is 1. The highest BCUT2D eigenvalue weighted by atomic mass is 35.5. The fraction of sp³-hybridized carbons (Fsp3) is 0.188. The fourth-order valence-electron chi connectivity index (χ4n) is 1.93. The second-order valence-electron chi connectivity index (χ2n) is 5.25. The fourth-order valence-corrected chi connectivity index (χ4v) is 3.04. The maximum Gasteiger partial charge on any atom is 0.573 e. The molecule has 0 heterocycles. The third-order valence-corrected chi connectivity index (χ3v) is 4.86. The van der Waals surface area contributed by atoms with E-state index in [1.165, 1.54) is 0 Å². The smallest absolute Gasteiger partial charge is 0.406 e. The van der Waals surface area contributed by atoms with E-state index < -0.39 is 34.6 Å². The van der Waals surface area contributed by atoms with Crippen molar-refractivity contribution in [3.63, 3.8) is 0 Å². The first-order valence-corrected chi connectivity index (χ1v) is 9.28. The average Bonchev–Trinajstić information content (AvgIpc) is 2.58. The molecule has 0 aliphatic heterocycles. The molecule has 0 radical (unpaired) electrons. The van der Waals surface area contributed by atoms with Crippen molar-refractivity contribution in [2.45, 2.75) is 17.8 Å². The zero-order valence-corrected chi connectivity index (χ0v) is 15.2. The number of sulfonamides is 1. The van der Waals surface area contributed by atoms with Crippen molar-refractivity contribution in [3.8, 4) is 5.75 Å². The SMILES string of the molecule is O=C(CNS(=O)(=O)c1ccc(OC(F)(F)F)cc1)NCc1ccc(Cl)cc1. The van der Waals surface area contributed by atoms with E-state index in [9.17, 15) is 26.4 Å². The van der Waals surface area contributed by atoms with E-state index in [2.05, 4.69) is 14.8 Å². The molecule has 0 saturated carbocycles. The molecule has 2 rings (SSSR count). The van der Waals surface area contributed by atoms with Gasteiger partial charge in [0.25, 0.3) is 0 Å². The molecule has 0 aliphatic carbocycles. The van der Waals surface area contributed by atoms with E-state index in [4.69, 9.17) is 11.6 Å². The van der Waals surface area contributed by atoms with Gasteiger partial charge in [0.15, 0.2) is 0 Å². The zero-order chi connectivity index (χ0) is 20.1. The van der Waals surface area contributed by atoms with Gasteiger partial charge in [-0.05, 0) is 42.0 Å². The Morgan fingerprint density at radius 3 is 2.19 bits per heavy atom. The van der Waals surface area contributed by atoms with Crippen molar-refractivity contribution in [1.82, 2.24) is 10.0 Å². The number of alkyl halides is 3. The van der Waals surface area contributed by atoms with Gasteiger partial charge in [-0.2, -0.15) is 0 Å². The number of nitrogens with one attached hydrogen (secondary N) is 2. The summed E-state index contributed by atoms with van der Waals surface area (Å²) in [5.74, 6) is -1.13. The van der Waals surface area contributed by atoms with Gasteiger partial charge < -0.3 is 10.1 Å². The van der Waals surface area contributed by atoms with E-state index in [-0.39, 0.29) is 11.4 Å². The summed E-state index contributed by atoms with van der Waals surface area (Å²) in [5, 5.41) is 3.07. The summed E-state index contributed by atoms with van der Waals surface area (Å²) < 4.78 is 66.2. The molecule has 2 aromatic rings. The maximum absolute atomic E-state index is 12.1. The normalized spacial score (nSPS) is 11.9. The highest BCUT2D eigenvalue weighted by molar-refractivity contribution is 7.89. The lowest BCUT2D eigenvalue weighted by molar-refractivity contribution is -0.274. The predicted molar refractivity (Wildman–Crippen MR) is 91.6 cm³/mol. The van der Waals surface area contributed by atoms with Crippen LogP contribution in [0.5, 0.6) is 5.75 Å². The van der Waals surface area contributed by atoms with Crippen LogP contribution in [0.1, 0.15) is 5.56 Å². The van der Waals surface area contributed by atoms with Gasteiger partial charge in [-0.15, -0.1) is 13.2 Å². The Labute approximate surface area is 158 Å². The summed E-state index contributed by atoms with van der Waals surface area (Å²) >= 11 is 5.75. The van der Waals surface area contributed by atoms with Gasteiger partial charge in [0.2, 0.25) is 15.9 Å². The van der Waals surface area contributed by atoms with Crippen LogP contribution in [-0.4, -0.2) is 27.2 Å². The molecule has 0 aromatic heterocycles. The Hall–Kier alpha value is -2.30. The molecule has 0 aliphatic rings. The Morgan fingerprint density at radius 1 is 1.04 bits per heavy atom. The van der Waals surface area contributed by atoms with Gasteiger partial charge in [-0.3, -0.25) is 4.79 Å². The first kappa shape index (κ1) is 21.0. The number of rotatable bonds is 7. The minimum atomic E-state index is -4.87. The number of halogens is 4. The number of ether oxygens (including phenoxy) is 1. The van der Waals surface area contributed by atoms with Crippen LogP contribution in [0, 0.1) is 0 Å². The molecule has 0 unspecified atom stereocenters. The number of benzene rings is 2. The van der Waals surface area contributed by atoms with E-state index in [1.807, 2.05) is 0 Å². The quantitative estimate of drug-likeness (QED) is 0.718. The van der Waals surface area contributed by atoms with Gasteiger partial charge in [0.1, 0.15) is 5.75 Å². The van der Waals surface area contributed by atoms with Crippen LogP contribution in [0.15, 0.2) is 53.4 Å². The lowest BCUT2D eigenvalue weighted by atomic mass is 10.2. The van der Waals surface area contributed by atoms with Gasteiger partial charge in [0.05, 0.1) is 11.4 Å². The molecule has 27 heavy (non-hydrogen) atoms. The van der Waals surface area contributed by atoms with Crippen molar-refractivity contribution in [3.05, 3.63) is 59.1 Å². The van der Waals surface area contributed by atoms with Crippen LogP contribution in [0.3, 0.4) is 0 Å². The first-order valence-electron chi connectivity index (χ1n) is 7.42. The minimum Gasteiger partial charge on any atom is -0.406 e. The van der Waals surface area contributed by atoms with Crippen LogP contribution >= 0.6 is 11.6 Å². The first-order chi connectivity index (χ1) is 12.5. The van der Waals surface area contributed by atoms with Crippen LogP contribution in [-0.2, 0) is 21.4 Å². The van der Waals surface area contributed by atoms with Crippen molar-refractivity contribution in [2.24, 2.45) is 0 Å². The van der Waals surface area contributed by atoms with Crippen molar-refractivity contribution < 1.29 is 31.1 Å². The van der Waals surface area contributed by atoms with Gasteiger partial charge >= 0.3 is 6.36 Å². The minimum absolute atomic E-state index is 0.182. The second kappa shape index (κ2) is 8.59. The Kier molecular flexibility index (Phi) is 6.68. The molecule has 2 N–H and O–H groups in total. The van der Waals surface area contributed by atoms with Crippen molar-refractivity contribution >= 4 is 27.5 Å². The van der Waals surface area contributed by atoms with Crippen molar-refractivity contribution in [2.75, 3.05) is 6.54 Å². The summed E-state index contributed by atoms with van der Waals surface area (Å²) in [4.78, 5) is 11.5. The monoisotopic (exact) mass is 422 g/mol. The van der Waals surface area contributed by atoms with E-state index in [0.29, 0.717) is 5.02 Å². The number of amides is 1. The number of carbonyl (C=O) groups excluding carboxylic acids is 1. The standard InChI is InChI=1S/C16H14ClF3N2O4S/c17-12-3-1-11(2-4-12)9-21-15(23)10-22-27(24,25)14-7-5-13(6-8-14)26-16(18,19)20/h1-8,22H,9-10H2,(H,21,23). The highest BCUT2D eigenvalue weighted by Crippen LogP contribution is 2.23. The molecule has 6 nitrogen and oxygen atoms in total. The van der Waals surface area contributed by atoms with Gasteiger partial charge in [0, 0.05) is 11.6 Å². The van der Waals surface area contributed by atoms with Crippen LogP contribution < -0.4 is 14.8 Å². The summed E-state index contributed by atoms with van der Waals surface area (Å²) in [6.45, 7) is -0.349. The summed E-state index contributed by atoms with van der Waals surface area (Å²) in [6, 6.07) is 10.3. The second-order valence-corrected chi connectivity index (χ2v) is 7.45. The van der Waals surface area contributed by atoms with Crippen LogP contribution in [0.4, 0.5) is 13.2 Å². The Balaban J connectivity index is 1.88. The maximum atomic E-state index is 12.1. The molecule has 11 heteroatoms. The predicted octanol–water partition coefficient (Wildman–Crippen LogP) is 2.83.